The second kappa shape index (κ2) is 12.3. The van der Waals surface area contributed by atoms with Gasteiger partial charge in [-0.1, -0.05) is 106 Å². The molecule has 33 heavy (non-hydrogen) atoms. The Morgan fingerprint density at radius 3 is 1.52 bits per heavy atom. The Bertz CT molecular complexity index is 972. The lowest BCUT2D eigenvalue weighted by atomic mass is 9.86. The van der Waals surface area contributed by atoms with Crippen molar-refractivity contribution in [3.63, 3.8) is 0 Å². The minimum atomic E-state index is -0.380. The van der Waals surface area contributed by atoms with E-state index in [2.05, 4.69) is 70.8 Å². The molecule has 3 rings (SSSR count). The molecule has 0 spiro atoms. The number of rotatable bonds is 3. The maximum atomic E-state index is 12.4. The van der Waals surface area contributed by atoms with Gasteiger partial charge in [0.25, 0.3) is 0 Å². The number of esters is 1. The van der Waals surface area contributed by atoms with E-state index in [1.807, 2.05) is 58.0 Å². The second-order valence-corrected chi connectivity index (χ2v) is 9.42. The third-order valence-corrected chi connectivity index (χ3v) is 4.98. The summed E-state index contributed by atoms with van der Waals surface area (Å²) in [5, 5.41) is 0. The summed E-state index contributed by atoms with van der Waals surface area (Å²) < 4.78 is 5.48. The Kier molecular flexibility index (Phi) is 10.5. The van der Waals surface area contributed by atoms with E-state index in [0.717, 1.165) is 11.3 Å². The molecule has 3 heteroatoms. The fourth-order valence-corrected chi connectivity index (χ4v) is 3.02. The van der Waals surface area contributed by atoms with Gasteiger partial charge in [0.1, 0.15) is 5.75 Å². The number of carbonyl (C=O) groups excluding carboxylic acids is 1. The SMILES string of the molecule is CC.CC.CC(C)(C)c1ccc(C(=O)Oc2ccc(-c3ccc(C(C)(C)C)cc3)nc2)cc1. The van der Waals surface area contributed by atoms with Crippen molar-refractivity contribution >= 4 is 5.97 Å². The van der Waals surface area contributed by atoms with E-state index in [-0.39, 0.29) is 16.8 Å². The fraction of sp³-hybridized carbons (Fsp3) is 0.400. The van der Waals surface area contributed by atoms with Crippen molar-refractivity contribution in [2.45, 2.75) is 80.1 Å². The minimum absolute atomic E-state index is 0.0489. The molecule has 2 aromatic carbocycles. The summed E-state index contributed by atoms with van der Waals surface area (Å²) in [6.45, 7) is 21.0. The predicted molar refractivity (Wildman–Crippen MR) is 141 cm³/mol. The largest absolute Gasteiger partial charge is 0.421 e. The van der Waals surface area contributed by atoms with E-state index in [1.54, 1.807) is 12.3 Å². The summed E-state index contributed by atoms with van der Waals surface area (Å²) in [6.07, 6.45) is 1.59. The summed E-state index contributed by atoms with van der Waals surface area (Å²) in [6, 6.07) is 19.6. The van der Waals surface area contributed by atoms with Gasteiger partial charge in [-0.25, -0.2) is 4.79 Å². The average molecular weight is 448 g/mol. The molecule has 0 N–H and O–H groups in total. The molecule has 3 aromatic rings. The first-order valence-electron chi connectivity index (χ1n) is 11.9. The normalized spacial score (nSPS) is 10.8. The van der Waals surface area contributed by atoms with E-state index < -0.39 is 0 Å². The third kappa shape index (κ3) is 8.16. The highest BCUT2D eigenvalue weighted by atomic mass is 16.5. The molecule has 0 atom stereocenters. The van der Waals surface area contributed by atoms with Crippen molar-refractivity contribution in [1.82, 2.24) is 4.98 Å². The van der Waals surface area contributed by atoms with Crippen molar-refractivity contribution in [2.75, 3.05) is 0 Å². The van der Waals surface area contributed by atoms with Crippen LogP contribution in [0.25, 0.3) is 11.3 Å². The van der Waals surface area contributed by atoms with Gasteiger partial charge in [-0.05, 0) is 46.2 Å². The molecule has 0 radical (unpaired) electrons. The van der Waals surface area contributed by atoms with E-state index in [1.165, 1.54) is 11.1 Å². The molecule has 0 bridgehead atoms. The van der Waals surface area contributed by atoms with Crippen molar-refractivity contribution in [2.24, 2.45) is 0 Å². The molecule has 1 aromatic heterocycles. The zero-order valence-corrected chi connectivity index (χ0v) is 22.1. The predicted octanol–water partition coefficient (Wildman–Crippen LogP) is 8.62. The van der Waals surface area contributed by atoms with Crippen LogP contribution in [0.4, 0.5) is 0 Å². The van der Waals surface area contributed by atoms with E-state index in [4.69, 9.17) is 4.74 Å². The number of ether oxygens (including phenoxy) is 1. The van der Waals surface area contributed by atoms with Gasteiger partial charge in [-0.2, -0.15) is 0 Å². The molecule has 1 heterocycles. The Morgan fingerprint density at radius 2 is 1.12 bits per heavy atom. The lowest BCUT2D eigenvalue weighted by Gasteiger charge is -2.19. The number of nitrogens with zero attached hydrogens (tertiary/aromatic N) is 1. The molecule has 3 nitrogen and oxygen atoms in total. The van der Waals surface area contributed by atoms with Gasteiger partial charge in [0.15, 0.2) is 0 Å². The highest BCUT2D eigenvalue weighted by molar-refractivity contribution is 5.91. The van der Waals surface area contributed by atoms with Gasteiger partial charge in [-0.3, -0.25) is 4.98 Å². The van der Waals surface area contributed by atoms with Crippen LogP contribution >= 0.6 is 0 Å². The average Bonchev–Trinajstić information content (AvgIpc) is 2.81. The summed E-state index contributed by atoms with van der Waals surface area (Å²) >= 11 is 0. The number of hydrogen-bond donors (Lipinski definition) is 0. The number of carbonyl (C=O) groups is 1. The lowest BCUT2D eigenvalue weighted by Crippen LogP contribution is -2.13. The molecule has 0 aliphatic heterocycles. The van der Waals surface area contributed by atoms with E-state index in [9.17, 15) is 4.79 Å². The molecule has 0 aliphatic rings. The first-order valence-corrected chi connectivity index (χ1v) is 11.9. The minimum Gasteiger partial charge on any atom is -0.421 e. The van der Waals surface area contributed by atoms with Crippen LogP contribution in [0.2, 0.25) is 0 Å². The monoisotopic (exact) mass is 447 g/mol. The molecular formula is C30H41NO2. The molecule has 0 unspecified atom stereocenters. The van der Waals surface area contributed by atoms with E-state index >= 15 is 0 Å². The molecule has 178 valence electrons. The summed E-state index contributed by atoms with van der Waals surface area (Å²) in [7, 11) is 0. The molecule has 0 saturated heterocycles. The van der Waals surface area contributed by atoms with Gasteiger partial charge in [-0.15, -0.1) is 0 Å². The number of hydrogen-bond acceptors (Lipinski definition) is 3. The first-order chi connectivity index (χ1) is 15.5. The van der Waals surface area contributed by atoms with Crippen LogP contribution in [0.1, 0.15) is 90.7 Å². The maximum absolute atomic E-state index is 12.4. The van der Waals surface area contributed by atoms with Crippen molar-refractivity contribution < 1.29 is 9.53 Å². The molecule has 0 fully saturated rings. The first kappa shape index (κ1) is 28.1. The van der Waals surface area contributed by atoms with Gasteiger partial charge in [0.05, 0.1) is 17.5 Å². The van der Waals surface area contributed by atoms with Crippen LogP contribution in [0.3, 0.4) is 0 Å². The Morgan fingerprint density at radius 1 is 0.667 bits per heavy atom. The van der Waals surface area contributed by atoms with Gasteiger partial charge in [0, 0.05) is 5.56 Å². The Hall–Kier alpha value is -2.94. The van der Waals surface area contributed by atoms with Crippen LogP contribution in [-0.4, -0.2) is 11.0 Å². The quantitative estimate of drug-likeness (QED) is 0.377. The summed E-state index contributed by atoms with van der Waals surface area (Å²) in [5.41, 5.74) is 5.04. The Labute approximate surface area is 201 Å². The van der Waals surface area contributed by atoms with Crippen LogP contribution in [0.15, 0.2) is 66.9 Å². The topological polar surface area (TPSA) is 39.2 Å². The smallest absolute Gasteiger partial charge is 0.343 e. The second-order valence-electron chi connectivity index (χ2n) is 9.42. The van der Waals surface area contributed by atoms with Gasteiger partial charge < -0.3 is 4.74 Å². The molecule has 0 amide bonds. The summed E-state index contributed by atoms with van der Waals surface area (Å²) in [4.78, 5) is 16.9. The third-order valence-electron chi connectivity index (χ3n) is 4.98. The van der Waals surface area contributed by atoms with Crippen molar-refractivity contribution in [3.8, 4) is 17.0 Å². The summed E-state index contributed by atoms with van der Waals surface area (Å²) in [5.74, 6) is 0.0551. The molecule has 0 saturated carbocycles. The number of benzene rings is 2. The standard InChI is InChI=1S/C26H29NO2.2C2H6/c1-25(2,3)20-11-7-18(8-12-20)23-16-15-22(17-27-23)29-24(28)19-9-13-21(14-10-19)26(4,5)6;2*1-2/h7-17H,1-6H3;2*1-2H3. The van der Waals surface area contributed by atoms with Gasteiger partial charge in [0.2, 0.25) is 0 Å². The zero-order chi connectivity index (χ0) is 25.2. The zero-order valence-electron chi connectivity index (χ0n) is 22.1. The van der Waals surface area contributed by atoms with Gasteiger partial charge >= 0.3 is 5.97 Å². The molecule has 0 aliphatic carbocycles. The highest BCUT2D eigenvalue weighted by Crippen LogP contribution is 2.26. The lowest BCUT2D eigenvalue weighted by molar-refractivity contribution is 0.0734. The van der Waals surface area contributed by atoms with Crippen LogP contribution in [-0.2, 0) is 10.8 Å². The molecular weight excluding hydrogens is 406 g/mol. The van der Waals surface area contributed by atoms with Crippen LogP contribution in [0, 0.1) is 0 Å². The highest BCUT2D eigenvalue weighted by Gasteiger charge is 2.16. The van der Waals surface area contributed by atoms with Crippen molar-refractivity contribution in [1.29, 1.82) is 0 Å². The van der Waals surface area contributed by atoms with E-state index in [0.29, 0.717) is 11.3 Å². The van der Waals surface area contributed by atoms with Crippen LogP contribution in [0.5, 0.6) is 5.75 Å². The fourth-order valence-electron chi connectivity index (χ4n) is 3.02. The number of aromatic nitrogens is 1. The van der Waals surface area contributed by atoms with Crippen LogP contribution < -0.4 is 4.74 Å². The maximum Gasteiger partial charge on any atom is 0.343 e. The Balaban J connectivity index is 0.00000129. The number of pyridine rings is 1. The van der Waals surface area contributed by atoms with Crippen molar-refractivity contribution in [3.05, 3.63) is 83.6 Å².